The molecule has 1 heterocycles. The molecule has 0 aliphatic carbocycles. The Balaban J connectivity index is 2.61. The molecule has 2 aromatic rings. The van der Waals surface area contributed by atoms with Gasteiger partial charge in [0.2, 0.25) is 0 Å². The molecule has 0 saturated heterocycles. The minimum Gasteiger partial charge on any atom is -0.291 e. The first-order chi connectivity index (χ1) is 13.5. The highest BCUT2D eigenvalue weighted by Gasteiger charge is 2.32. The van der Waals surface area contributed by atoms with Crippen molar-refractivity contribution in [1.29, 1.82) is 0 Å². The second-order valence-corrected chi connectivity index (χ2v) is 7.76. The Kier molecular flexibility index (Phi) is 6.25. The zero-order valence-electron chi connectivity index (χ0n) is 16.6. The summed E-state index contributed by atoms with van der Waals surface area (Å²) < 4.78 is 93.2. The third-order valence-electron chi connectivity index (χ3n) is 4.36. The van der Waals surface area contributed by atoms with Gasteiger partial charge in [0, 0.05) is 30.8 Å². The van der Waals surface area contributed by atoms with Crippen molar-refractivity contribution in [2.24, 2.45) is 12.0 Å². The third-order valence-corrected chi connectivity index (χ3v) is 4.36. The average molecular weight is 439 g/mol. The second-order valence-electron chi connectivity index (χ2n) is 7.76. The lowest BCUT2D eigenvalue weighted by Gasteiger charge is -2.21. The van der Waals surface area contributed by atoms with Gasteiger partial charge in [-0.05, 0) is 18.2 Å². The zero-order chi connectivity index (χ0) is 23.1. The van der Waals surface area contributed by atoms with Gasteiger partial charge in [-0.3, -0.25) is 14.2 Å². The van der Waals surface area contributed by atoms with E-state index in [1.807, 2.05) is 0 Å². The fraction of sp³-hybridized carbons (Fsp3) is 0.474. The van der Waals surface area contributed by atoms with Crippen molar-refractivity contribution in [3.05, 3.63) is 52.4 Å². The molecule has 0 spiro atoms. The van der Waals surface area contributed by atoms with Crippen molar-refractivity contribution in [2.75, 3.05) is 0 Å². The average Bonchev–Trinajstić information content (AvgIpc) is 2.87. The highest BCUT2D eigenvalue weighted by atomic mass is 19.4. The van der Waals surface area contributed by atoms with Crippen LogP contribution in [-0.4, -0.2) is 21.4 Å². The Morgan fingerprint density at radius 2 is 1.63 bits per heavy atom. The van der Waals surface area contributed by atoms with Gasteiger partial charge in [0.25, 0.3) is 5.91 Å². The lowest BCUT2D eigenvalue weighted by Crippen LogP contribution is -2.27. The van der Waals surface area contributed by atoms with E-state index < -0.39 is 53.6 Å². The number of hydrogen-bond acceptors (Lipinski definition) is 1. The van der Waals surface area contributed by atoms with Gasteiger partial charge < -0.3 is 0 Å². The lowest BCUT2D eigenvalue weighted by atomic mass is 9.92. The fourth-order valence-electron chi connectivity index (χ4n) is 2.89. The summed E-state index contributed by atoms with van der Waals surface area (Å²) in [6.07, 6.45) is -10.5. The van der Waals surface area contributed by atoms with Crippen LogP contribution in [0.2, 0.25) is 0 Å². The van der Waals surface area contributed by atoms with E-state index in [9.17, 15) is 35.5 Å². The van der Waals surface area contributed by atoms with Gasteiger partial charge >= 0.3 is 12.4 Å². The SMILES string of the molecule is Cn1c(C(C)(C)C)c/c(=N\C(=O)c2cc(C(F)(F)F)ccc2F)n1CCC(F)(F)F. The van der Waals surface area contributed by atoms with Crippen molar-refractivity contribution < 1.29 is 35.5 Å². The summed E-state index contributed by atoms with van der Waals surface area (Å²) >= 11 is 0. The van der Waals surface area contributed by atoms with E-state index >= 15 is 0 Å². The van der Waals surface area contributed by atoms with Crippen molar-refractivity contribution in [1.82, 2.24) is 9.36 Å². The van der Waals surface area contributed by atoms with Crippen LogP contribution in [-0.2, 0) is 25.2 Å². The van der Waals surface area contributed by atoms with Gasteiger partial charge in [-0.2, -0.15) is 31.3 Å². The van der Waals surface area contributed by atoms with E-state index in [1.165, 1.54) is 17.8 Å². The van der Waals surface area contributed by atoms with E-state index in [0.717, 1.165) is 4.68 Å². The topological polar surface area (TPSA) is 39.3 Å². The number of halogens is 7. The lowest BCUT2D eigenvalue weighted by molar-refractivity contribution is -0.138. The van der Waals surface area contributed by atoms with Crippen LogP contribution >= 0.6 is 0 Å². The number of alkyl halides is 6. The van der Waals surface area contributed by atoms with Gasteiger partial charge in [-0.15, -0.1) is 0 Å². The number of aromatic nitrogens is 2. The monoisotopic (exact) mass is 439 g/mol. The van der Waals surface area contributed by atoms with E-state index in [1.54, 1.807) is 20.8 Å². The highest BCUT2D eigenvalue weighted by molar-refractivity contribution is 5.95. The van der Waals surface area contributed by atoms with Crippen LogP contribution in [0.15, 0.2) is 29.3 Å². The maximum Gasteiger partial charge on any atom is 0.416 e. The van der Waals surface area contributed by atoms with Crippen LogP contribution in [0.5, 0.6) is 0 Å². The zero-order valence-corrected chi connectivity index (χ0v) is 16.6. The predicted molar refractivity (Wildman–Crippen MR) is 94.1 cm³/mol. The predicted octanol–water partition coefficient (Wildman–Crippen LogP) is 4.98. The van der Waals surface area contributed by atoms with Crippen LogP contribution in [0.25, 0.3) is 0 Å². The van der Waals surface area contributed by atoms with E-state index in [4.69, 9.17) is 0 Å². The number of nitrogens with zero attached hydrogens (tertiary/aromatic N) is 3. The van der Waals surface area contributed by atoms with Gasteiger partial charge in [0.15, 0.2) is 5.49 Å². The summed E-state index contributed by atoms with van der Waals surface area (Å²) in [4.78, 5) is 16.1. The number of carbonyl (C=O) groups is 1. The molecular weight excluding hydrogens is 419 g/mol. The molecule has 0 aliphatic rings. The number of amides is 1. The van der Waals surface area contributed by atoms with E-state index in [-0.39, 0.29) is 5.49 Å². The summed E-state index contributed by atoms with van der Waals surface area (Å²) in [5.41, 5.74) is -2.38. The number of rotatable bonds is 3. The van der Waals surface area contributed by atoms with Crippen molar-refractivity contribution in [3.63, 3.8) is 0 Å². The Labute approximate surface area is 167 Å². The van der Waals surface area contributed by atoms with Gasteiger partial charge in [-0.25, -0.2) is 4.39 Å². The Morgan fingerprint density at radius 1 is 1.03 bits per heavy atom. The maximum absolute atomic E-state index is 14.0. The van der Waals surface area contributed by atoms with Crippen LogP contribution in [0.3, 0.4) is 0 Å². The molecule has 2 rings (SSSR count). The Bertz CT molecular complexity index is 1010. The van der Waals surface area contributed by atoms with Crippen molar-refractivity contribution in [2.45, 2.75) is 51.5 Å². The molecule has 1 aromatic heterocycles. The van der Waals surface area contributed by atoms with Crippen LogP contribution in [0, 0.1) is 5.82 Å². The van der Waals surface area contributed by atoms with Crippen LogP contribution < -0.4 is 5.49 Å². The first kappa shape index (κ1) is 23.7. The molecule has 0 N–H and O–H groups in total. The molecular formula is C19H20F7N3O. The van der Waals surface area contributed by atoms with E-state index in [2.05, 4.69) is 4.99 Å². The molecule has 0 bridgehead atoms. The highest BCUT2D eigenvalue weighted by Crippen LogP contribution is 2.30. The third kappa shape index (κ3) is 5.51. The first-order valence-corrected chi connectivity index (χ1v) is 8.80. The van der Waals surface area contributed by atoms with Crippen LogP contribution in [0.4, 0.5) is 30.7 Å². The molecule has 0 radical (unpaired) electrons. The smallest absolute Gasteiger partial charge is 0.291 e. The molecule has 1 aromatic carbocycles. The quantitative estimate of drug-likeness (QED) is 0.622. The van der Waals surface area contributed by atoms with Crippen molar-refractivity contribution in [3.8, 4) is 0 Å². The minimum absolute atomic E-state index is 0.214. The Hall–Kier alpha value is -2.59. The molecule has 1 amide bonds. The van der Waals surface area contributed by atoms with Gasteiger partial charge in [0.05, 0.1) is 17.5 Å². The summed E-state index contributed by atoms with van der Waals surface area (Å²) in [6, 6.07) is 2.67. The van der Waals surface area contributed by atoms with Crippen LogP contribution in [0.1, 0.15) is 48.8 Å². The van der Waals surface area contributed by atoms with E-state index in [0.29, 0.717) is 23.9 Å². The fourth-order valence-corrected chi connectivity index (χ4v) is 2.89. The molecule has 0 saturated carbocycles. The molecule has 11 heteroatoms. The number of hydrogen-bond donors (Lipinski definition) is 0. The number of benzene rings is 1. The van der Waals surface area contributed by atoms with Crippen molar-refractivity contribution >= 4 is 5.91 Å². The molecule has 166 valence electrons. The minimum atomic E-state index is -4.80. The summed E-state index contributed by atoms with van der Waals surface area (Å²) in [6.45, 7) is 4.78. The molecule has 0 atom stereocenters. The summed E-state index contributed by atoms with van der Waals surface area (Å²) in [7, 11) is 1.48. The molecule has 4 nitrogen and oxygen atoms in total. The maximum atomic E-state index is 14.0. The second kappa shape index (κ2) is 7.92. The molecule has 30 heavy (non-hydrogen) atoms. The molecule has 0 aliphatic heterocycles. The van der Waals surface area contributed by atoms with Gasteiger partial charge in [0.1, 0.15) is 5.82 Å². The summed E-state index contributed by atoms with van der Waals surface area (Å²) in [5, 5.41) is 0. The number of carbonyl (C=O) groups excluding carboxylic acids is 1. The van der Waals surface area contributed by atoms with Gasteiger partial charge in [-0.1, -0.05) is 20.8 Å². The normalized spacial score (nSPS) is 13.8. The summed E-state index contributed by atoms with van der Waals surface area (Å²) in [5.74, 6) is -2.55. The first-order valence-electron chi connectivity index (χ1n) is 8.80. The largest absolute Gasteiger partial charge is 0.416 e. The molecule has 0 fully saturated rings. The standard InChI is InChI=1S/C19H20F7N3O/c1-17(2,3)14-10-15(29(28(14)4)8-7-18(21,22)23)27-16(30)12-9-11(19(24,25)26)5-6-13(12)20/h5-6,9-10H,7-8H2,1-4H3/b27-15+. The Morgan fingerprint density at radius 3 is 2.13 bits per heavy atom. The molecule has 0 unspecified atom stereocenters.